The normalized spacial score (nSPS) is 9.69. The van der Waals surface area contributed by atoms with Crippen molar-refractivity contribution >= 4 is 11.5 Å². The summed E-state index contributed by atoms with van der Waals surface area (Å²) in [6.45, 7) is 0. The highest BCUT2D eigenvalue weighted by Crippen LogP contribution is 2.16. The van der Waals surface area contributed by atoms with E-state index in [1.165, 1.54) is 6.33 Å². The smallest absolute Gasteiger partial charge is 0.161 e. The molecule has 0 saturated carbocycles. The maximum absolute atomic E-state index is 8.61. The number of rotatable bonds is 2. The van der Waals surface area contributed by atoms with Gasteiger partial charge < -0.3 is 5.73 Å². The number of aromatic nitrogens is 2. The lowest BCUT2D eigenvalue weighted by molar-refractivity contribution is 1.07. The van der Waals surface area contributed by atoms with Gasteiger partial charge in [0.1, 0.15) is 23.9 Å². The first kappa shape index (κ1) is 9.93. The van der Waals surface area contributed by atoms with Gasteiger partial charge in [0.15, 0.2) is 5.71 Å². The van der Waals surface area contributed by atoms with E-state index in [2.05, 4.69) is 4.98 Å². The Kier molecular flexibility index (Phi) is 2.40. The maximum atomic E-state index is 8.61. The van der Waals surface area contributed by atoms with Crippen molar-refractivity contribution in [3.63, 3.8) is 0 Å². The van der Waals surface area contributed by atoms with Crippen molar-refractivity contribution in [1.29, 1.82) is 10.7 Å². The van der Waals surface area contributed by atoms with Crippen LogP contribution in [0.5, 0.6) is 0 Å². The summed E-state index contributed by atoms with van der Waals surface area (Å²) in [7, 11) is 0. The van der Waals surface area contributed by atoms with Crippen molar-refractivity contribution in [2.45, 2.75) is 0 Å². The standard InChI is InChI=1S/C11H9N5/c12-6-9(13)10-11(14)16(7-15-10)8-4-2-1-3-5-8/h1-5,7,13H,14H2. The molecule has 78 valence electrons. The fourth-order valence-corrected chi connectivity index (χ4v) is 1.40. The minimum absolute atomic E-state index is 0.214. The molecule has 16 heavy (non-hydrogen) atoms. The van der Waals surface area contributed by atoms with Crippen molar-refractivity contribution in [1.82, 2.24) is 9.55 Å². The zero-order valence-electron chi connectivity index (χ0n) is 8.38. The Morgan fingerprint density at radius 3 is 2.69 bits per heavy atom. The lowest BCUT2D eigenvalue weighted by Gasteiger charge is -2.04. The van der Waals surface area contributed by atoms with Gasteiger partial charge in [-0.25, -0.2) is 4.98 Å². The summed E-state index contributed by atoms with van der Waals surface area (Å²) >= 11 is 0. The van der Waals surface area contributed by atoms with Crippen molar-refractivity contribution in [3.8, 4) is 11.8 Å². The van der Waals surface area contributed by atoms with Crippen LogP contribution in [0.4, 0.5) is 5.82 Å². The van der Waals surface area contributed by atoms with Gasteiger partial charge in [0.25, 0.3) is 0 Å². The summed E-state index contributed by atoms with van der Waals surface area (Å²) in [6.07, 6.45) is 1.51. The van der Waals surface area contributed by atoms with Gasteiger partial charge in [-0.1, -0.05) is 18.2 Å². The first-order valence-electron chi connectivity index (χ1n) is 4.61. The van der Waals surface area contributed by atoms with Crippen LogP contribution in [0.1, 0.15) is 5.69 Å². The Morgan fingerprint density at radius 1 is 1.38 bits per heavy atom. The van der Waals surface area contributed by atoms with Crippen molar-refractivity contribution < 1.29 is 0 Å². The van der Waals surface area contributed by atoms with Gasteiger partial charge in [-0.15, -0.1) is 0 Å². The molecule has 0 aliphatic carbocycles. The van der Waals surface area contributed by atoms with Crippen LogP contribution in [0.3, 0.4) is 0 Å². The zero-order chi connectivity index (χ0) is 11.5. The molecule has 0 aliphatic heterocycles. The highest BCUT2D eigenvalue weighted by atomic mass is 15.1. The van der Waals surface area contributed by atoms with Crippen LogP contribution in [0.2, 0.25) is 0 Å². The topological polar surface area (TPSA) is 91.5 Å². The predicted octanol–water partition coefficient (Wildman–Crippen LogP) is 1.35. The number of imidazole rings is 1. The van der Waals surface area contributed by atoms with Crippen molar-refractivity contribution in [2.75, 3.05) is 5.73 Å². The molecule has 5 heteroatoms. The first-order chi connectivity index (χ1) is 7.74. The molecule has 0 fully saturated rings. The van der Waals surface area contributed by atoms with E-state index in [1.807, 2.05) is 30.3 Å². The van der Waals surface area contributed by atoms with Crippen LogP contribution in [0.15, 0.2) is 36.7 Å². The van der Waals surface area contributed by atoms with Gasteiger partial charge >= 0.3 is 0 Å². The van der Waals surface area contributed by atoms with Gasteiger partial charge in [-0.2, -0.15) is 5.26 Å². The average molecular weight is 211 g/mol. The molecule has 0 saturated heterocycles. The summed E-state index contributed by atoms with van der Waals surface area (Å²) in [4.78, 5) is 3.95. The molecule has 0 radical (unpaired) electrons. The van der Waals surface area contributed by atoms with E-state index in [1.54, 1.807) is 10.6 Å². The van der Waals surface area contributed by atoms with Crippen LogP contribution in [-0.4, -0.2) is 15.3 Å². The molecule has 1 aromatic heterocycles. The number of benzene rings is 1. The molecule has 5 nitrogen and oxygen atoms in total. The number of anilines is 1. The lowest BCUT2D eigenvalue weighted by Crippen LogP contribution is -2.04. The third-order valence-electron chi connectivity index (χ3n) is 2.19. The molecule has 0 atom stereocenters. The summed E-state index contributed by atoms with van der Waals surface area (Å²) in [5.41, 5.74) is 6.66. The van der Waals surface area contributed by atoms with Gasteiger partial charge in [-0.3, -0.25) is 9.98 Å². The number of nitrogens with one attached hydrogen (secondary N) is 1. The largest absolute Gasteiger partial charge is 0.383 e. The van der Waals surface area contributed by atoms with E-state index >= 15 is 0 Å². The molecular formula is C11H9N5. The minimum Gasteiger partial charge on any atom is -0.383 e. The monoisotopic (exact) mass is 211 g/mol. The molecule has 0 bridgehead atoms. The summed E-state index contributed by atoms with van der Waals surface area (Å²) in [6, 6.07) is 11.1. The number of hydrogen-bond donors (Lipinski definition) is 2. The lowest BCUT2D eigenvalue weighted by atomic mass is 10.3. The van der Waals surface area contributed by atoms with Crippen LogP contribution < -0.4 is 5.73 Å². The minimum atomic E-state index is -0.229. The van der Waals surface area contributed by atoms with E-state index in [-0.39, 0.29) is 11.4 Å². The Hall–Kier alpha value is -2.61. The molecule has 0 spiro atoms. The molecule has 2 aromatic rings. The van der Waals surface area contributed by atoms with Gasteiger partial charge in [0.05, 0.1) is 0 Å². The van der Waals surface area contributed by atoms with Crippen molar-refractivity contribution in [3.05, 3.63) is 42.4 Å². The number of para-hydroxylation sites is 1. The predicted molar refractivity (Wildman–Crippen MR) is 60.4 cm³/mol. The van der Waals surface area contributed by atoms with Gasteiger partial charge in [0.2, 0.25) is 0 Å². The SMILES string of the molecule is N#CC(=N)c1ncn(-c2ccccc2)c1N. The fraction of sp³-hybridized carbons (Fsp3) is 0. The number of nitrogens with zero attached hydrogens (tertiary/aromatic N) is 3. The third kappa shape index (κ3) is 1.53. The number of hydrogen-bond acceptors (Lipinski definition) is 4. The molecule has 2 rings (SSSR count). The van der Waals surface area contributed by atoms with Crippen LogP contribution in [-0.2, 0) is 0 Å². The highest BCUT2D eigenvalue weighted by molar-refractivity contribution is 6.10. The number of nitrogen functional groups attached to an aromatic ring is 1. The Labute approximate surface area is 92.3 Å². The van der Waals surface area contributed by atoms with E-state index in [0.717, 1.165) is 5.69 Å². The quantitative estimate of drug-likeness (QED) is 0.734. The van der Waals surface area contributed by atoms with Gasteiger partial charge in [0, 0.05) is 5.69 Å². The molecular weight excluding hydrogens is 202 g/mol. The second-order valence-electron chi connectivity index (χ2n) is 3.17. The van der Waals surface area contributed by atoms with Crippen LogP contribution in [0.25, 0.3) is 5.69 Å². The molecule has 1 aromatic carbocycles. The molecule has 3 N–H and O–H groups in total. The summed E-state index contributed by atoms with van der Waals surface area (Å²) < 4.78 is 1.64. The Balaban J connectivity index is 2.51. The average Bonchev–Trinajstić information content (AvgIpc) is 2.71. The fourth-order valence-electron chi connectivity index (χ4n) is 1.40. The van der Waals surface area contributed by atoms with Crippen LogP contribution >= 0.6 is 0 Å². The molecule has 0 unspecified atom stereocenters. The highest BCUT2D eigenvalue weighted by Gasteiger charge is 2.12. The number of nitrogens with two attached hydrogens (primary N) is 1. The zero-order valence-corrected chi connectivity index (χ0v) is 8.38. The Morgan fingerprint density at radius 2 is 2.06 bits per heavy atom. The second-order valence-corrected chi connectivity index (χ2v) is 3.17. The first-order valence-corrected chi connectivity index (χ1v) is 4.61. The van der Waals surface area contributed by atoms with E-state index in [9.17, 15) is 0 Å². The summed E-state index contributed by atoms with van der Waals surface area (Å²) in [5.74, 6) is 0.303. The third-order valence-corrected chi connectivity index (χ3v) is 2.19. The Bertz CT molecular complexity index is 562. The summed E-state index contributed by atoms with van der Waals surface area (Å²) in [5, 5.41) is 16.0. The van der Waals surface area contributed by atoms with Gasteiger partial charge in [-0.05, 0) is 12.1 Å². The van der Waals surface area contributed by atoms with E-state index in [0.29, 0.717) is 5.82 Å². The number of nitriles is 1. The molecule has 0 amide bonds. The molecule has 1 heterocycles. The van der Waals surface area contributed by atoms with Crippen LogP contribution in [0, 0.1) is 16.7 Å². The maximum Gasteiger partial charge on any atom is 0.161 e. The van der Waals surface area contributed by atoms with E-state index < -0.39 is 0 Å². The second kappa shape index (κ2) is 3.87. The molecule has 0 aliphatic rings. The van der Waals surface area contributed by atoms with E-state index in [4.69, 9.17) is 16.4 Å². The van der Waals surface area contributed by atoms with Crippen molar-refractivity contribution in [2.24, 2.45) is 0 Å².